The Morgan fingerprint density at radius 1 is 1.19 bits per heavy atom. The summed E-state index contributed by atoms with van der Waals surface area (Å²) in [5, 5.41) is 40.6. The third-order valence-electron chi connectivity index (χ3n) is 6.44. The number of aliphatic hydroxyl groups excluding tert-OH is 2. The van der Waals surface area contributed by atoms with Crippen molar-refractivity contribution < 1.29 is 34.8 Å². The number of aliphatic hydroxyl groups is 3. The summed E-state index contributed by atoms with van der Waals surface area (Å²) in [5.74, 6) is -2.24. The number of hydrogen-bond acceptors (Lipinski definition) is 7. The molecule has 2 unspecified atom stereocenters. The molecule has 0 bridgehead atoms. The van der Waals surface area contributed by atoms with Crippen LogP contribution in [0.15, 0.2) is 12.1 Å². The Morgan fingerprint density at radius 2 is 1.87 bits per heavy atom. The zero-order chi connectivity index (χ0) is 23.3. The molecule has 1 aromatic carbocycles. The first kappa shape index (κ1) is 25.2. The highest BCUT2D eigenvalue weighted by Gasteiger charge is 2.44. The normalized spacial score (nSPS) is 19.1. The Balaban J connectivity index is 2.34. The molecule has 172 valence electrons. The largest absolute Gasteiger partial charge is 0.507 e. The van der Waals surface area contributed by atoms with Crippen LogP contribution in [0.4, 0.5) is 0 Å². The van der Waals surface area contributed by atoms with Crippen molar-refractivity contribution in [2.75, 3.05) is 13.2 Å². The number of benzene rings is 1. The molecule has 31 heavy (non-hydrogen) atoms. The molecule has 7 nitrogen and oxygen atoms in total. The zero-order valence-electron chi connectivity index (χ0n) is 18.6. The highest BCUT2D eigenvalue weighted by atomic mass is 16.3. The lowest BCUT2D eigenvalue weighted by atomic mass is 9.70. The van der Waals surface area contributed by atoms with Gasteiger partial charge in [0.25, 0.3) is 0 Å². The average Bonchev–Trinajstić information content (AvgIpc) is 2.72. The number of hydrogen-bond donors (Lipinski definition) is 4. The van der Waals surface area contributed by atoms with Crippen molar-refractivity contribution in [3.05, 3.63) is 28.8 Å². The van der Waals surface area contributed by atoms with Crippen molar-refractivity contribution in [3.63, 3.8) is 0 Å². The number of carbonyl (C=O) groups excluding carboxylic acids is 3. The number of ketones is 3. The van der Waals surface area contributed by atoms with E-state index in [0.717, 1.165) is 11.1 Å². The van der Waals surface area contributed by atoms with Crippen LogP contribution in [0, 0.1) is 11.8 Å². The predicted octanol–water partition coefficient (Wildman–Crippen LogP) is 2.31. The summed E-state index contributed by atoms with van der Waals surface area (Å²) in [6.07, 6.45) is 0.558. The molecular formula is C24H34O7. The van der Waals surface area contributed by atoms with Gasteiger partial charge >= 0.3 is 0 Å². The van der Waals surface area contributed by atoms with Gasteiger partial charge in [0.2, 0.25) is 0 Å². The van der Waals surface area contributed by atoms with Gasteiger partial charge in [-0.1, -0.05) is 26.8 Å². The van der Waals surface area contributed by atoms with Gasteiger partial charge in [0, 0.05) is 19.4 Å². The van der Waals surface area contributed by atoms with Crippen LogP contribution in [0.3, 0.4) is 0 Å². The van der Waals surface area contributed by atoms with Crippen LogP contribution >= 0.6 is 0 Å². The second-order valence-electron chi connectivity index (χ2n) is 8.90. The molecule has 0 radical (unpaired) electrons. The van der Waals surface area contributed by atoms with Gasteiger partial charge < -0.3 is 20.4 Å². The summed E-state index contributed by atoms with van der Waals surface area (Å²) in [5.41, 5.74) is -0.0786. The van der Waals surface area contributed by atoms with Crippen LogP contribution < -0.4 is 0 Å². The van der Waals surface area contributed by atoms with Gasteiger partial charge in [0.1, 0.15) is 17.1 Å². The molecule has 1 aliphatic carbocycles. The maximum Gasteiger partial charge on any atom is 0.174 e. The minimum absolute atomic E-state index is 0.0464. The molecule has 3 atom stereocenters. The highest BCUT2D eigenvalue weighted by Crippen LogP contribution is 2.40. The van der Waals surface area contributed by atoms with E-state index in [-0.39, 0.29) is 61.4 Å². The first-order chi connectivity index (χ1) is 14.6. The van der Waals surface area contributed by atoms with E-state index in [2.05, 4.69) is 0 Å². The lowest BCUT2D eigenvalue weighted by Gasteiger charge is -2.37. The van der Waals surface area contributed by atoms with Crippen LogP contribution in [0.2, 0.25) is 0 Å². The van der Waals surface area contributed by atoms with Crippen molar-refractivity contribution in [1.29, 1.82) is 0 Å². The van der Waals surface area contributed by atoms with Gasteiger partial charge in [0.05, 0.1) is 18.6 Å². The Labute approximate surface area is 183 Å². The van der Waals surface area contributed by atoms with E-state index in [1.807, 2.05) is 19.9 Å². The fourth-order valence-electron chi connectivity index (χ4n) is 4.63. The fourth-order valence-corrected chi connectivity index (χ4v) is 4.63. The number of Topliss-reactive ketones (excluding diaryl/α,β-unsaturated/α-hetero) is 3. The molecular weight excluding hydrogens is 400 g/mol. The average molecular weight is 435 g/mol. The number of phenols is 1. The summed E-state index contributed by atoms with van der Waals surface area (Å²) in [6.45, 7) is 4.46. The molecule has 0 saturated carbocycles. The van der Waals surface area contributed by atoms with Gasteiger partial charge in [0.15, 0.2) is 11.6 Å². The Morgan fingerprint density at radius 3 is 2.42 bits per heavy atom. The Hall–Kier alpha value is -2.09. The summed E-state index contributed by atoms with van der Waals surface area (Å²) in [6, 6.07) is 3.35. The quantitative estimate of drug-likeness (QED) is 0.393. The highest BCUT2D eigenvalue weighted by molar-refractivity contribution is 6.03. The standard InChI is InChI=1S/C24H34O7/c1-4-17(27)12-22(30)24(31,13-26)16(7-8-25)9-15-10-19-18(14(2)3)5-6-20(28)23(19)21(29)11-15/h5-6,14-16,25-26,28,31H,4,7-13H2,1-3H3/t15?,16?,24-/m1/s1. The minimum Gasteiger partial charge on any atom is -0.507 e. The number of carbonyl (C=O) groups is 3. The molecule has 1 aromatic rings. The lowest BCUT2D eigenvalue weighted by molar-refractivity contribution is -0.153. The Kier molecular flexibility index (Phi) is 8.51. The third-order valence-corrected chi connectivity index (χ3v) is 6.44. The molecule has 0 amide bonds. The summed E-state index contributed by atoms with van der Waals surface area (Å²) < 4.78 is 0. The van der Waals surface area contributed by atoms with E-state index in [0.29, 0.717) is 12.0 Å². The molecule has 0 heterocycles. The summed E-state index contributed by atoms with van der Waals surface area (Å²) in [7, 11) is 0. The lowest BCUT2D eigenvalue weighted by Crippen LogP contribution is -2.51. The summed E-state index contributed by atoms with van der Waals surface area (Å²) >= 11 is 0. The summed E-state index contributed by atoms with van der Waals surface area (Å²) in [4.78, 5) is 37.2. The zero-order valence-corrected chi connectivity index (χ0v) is 18.6. The molecule has 1 aliphatic rings. The molecule has 4 N–H and O–H groups in total. The topological polar surface area (TPSA) is 132 Å². The van der Waals surface area contributed by atoms with E-state index >= 15 is 0 Å². The van der Waals surface area contributed by atoms with Gasteiger partial charge in [-0.2, -0.15) is 0 Å². The maximum absolute atomic E-state index is 12.8. The number of aromatic hydroxyl groups is 1. The molecule has 0 fully saturated rings. The second-order valence-corrected chi connectivity index (χ2v) is 8.90. The van der Waals surface area contributed by atoms with E-state index in [1.165, 1.54) is 6.07 Å². The number of rotatable bonds is 11. The first-order valence-electron chi connectivity index (χ1n) is 11.0. The molecule has 7 heteroatoms. The van der Waals surface area contributed by atoms with E-state index in [1.54, 1.807) is 6.92 Å². The van der Waals surface area contributed by atoms with Crippen LogP contribution in [0.5, 0.6) is 5.75 Å². The fraction of sp³-hybridized carbons (Fsp3) is 0.625. The van der Waals surface area contributed by atoms with Gasteiger partial charge in [-0.3, -0.25) is 14.4 Å². The number of phenolic OH excluding ortho intramolecular Hbond substituents is 1. The van der Waals surface area contributed by atoms with E-state index in [4.69, 9.17) is 0 Å². The minimum atomic E-state index is -2.16. The molecule has 2 rings (SSSR count). The molecule has 0 aliphatic heterocycles. The van der Waals surface area contributed by atoms with E-state index < -0.39 is 30.3 Å². The van der Waals surface area contributed by atoms with Crippen LogP contribution in [0.25, 0.3) is 0 Å². The second kappa shape index (κ2) is 10.5. The van der Waals surface area contributed by atoms with E-state index in [9.17, 15) is 34.8 Å². The van der Waals surface area contributed by atoms with Crippen molar-refractivity contribution in [2.24, 2.45) is 11.8 Å². The van der Waals surface area contributed by atoms with Gasteiger partial charge in [-0.25, -0.2) is 0 Å². The monoisotopic (exact) mass is 434 g/mol. The molecule has 0 aromatic heterocycles. The third kappa shape index (κ3) is 5.40. The smallest absolute Gasteiger partial charge is 0.174 e. The SMILES string of the molecule is CCC(=O)CC(=O)[C@@](O)(CO)C(CCO)CC1CC(=O)c2c(O)ccc(C(C)C)c2C1. The first-order valence-corrected chi connectivity index (χ1v) is 11.0. The molecule has 0 spiro atoms. The number of fused-ring (bicyclic) bond motifs is 1. The van der Waals surface area contributed by atoms with Gasteiger partial charge in [-0.05, 0) is 54.2 Å². The van der Waals surface area contributed by atoms with Crippen molar-refractivity contribution in [1.82, 2.24) is 0 Å². The van der Waals surface area contributed by atoms with Crippen LogP contribution in [-0.2, 0) is 16.0 Å². The van der Waals surface area contributed by atoms with Crippen LogP contribution in [-0.4, -0.2) is 56.6 Å². The molecule has 0 saturated heterocycles. The van der Waals surface area contributed by atoms with Gasteiger partial charge in [-0.15, -0.1) is 0 Å². The van der Waals surface area contributed by atoms with Crippen molar-refractivity contribution in [3.8, 4) is 5.75 Å². The Bertz CT molecular complexity index is 829. The predicted molar refractivity (Wildman–Crippen MR) is 115 cm³/mol. The van der Waals surface area contributed by atoms with Crippen LogP contribution in [0.1, 0.15) is 80.3 Å². The van der Waals surface area contributed by atoms with Crippen molar-refractivity contribution >= 4 is 17.3 Å². The van der Waals surface area contributed by atoms with Crippen molar-refractivity contribution in [2.45, 2.75) is 70.8 Å². The maximum atomic E-state index is 12.8.